The average molecular weight is 429 g/mol. The summed E-state index contributed by atoms with van der Waals surface area (Å²) in [6, 6.07) is 15.1. The molecule has 0 atom stereocenters. The van der Waals surface area contributed by atoms with E-state index in [1.54, 1.807) is 42.5 Å². The van der Waals surface area contributed by atoms with Gasteiger partial charge in [-0.1, -0.05) is 23.7 Å². The molecule has 4 rings (SSSR count). The van der Waals surface area contributed by atoms with E-state index in [4.69, 9.17) is 22.1 Å². The Kier molecular flexibility index (Phi) is 5.24. The smallest absolute Gasteiger partial charge is 0.350 e. The van der Waals surface area contributed by atoms with Crippen molar-refractivity contribution in [1.82, 2.24) is 14.3 Å². The van der Waals surface area contributed by atoms with Gasteiger partial charge in [0.25, 0.3) is 0 Å². The Labute approximate surface area is 174 Å². The maximum absolute atomic E-state index is 13.9. The van der Waals surface area contributed by atoms with Crippen molar-refractivity contribution in [3.8, 4) is 17.2 Å². The van der Waals surface area contributed by atoms with Crippen LogP contribution in [0.3, 0.4) is 0 Å². The van der Waals surface area contributed by atoms with Crippen LogP contribution >= 0.6 is 11.6 Å². The molecule has 1 heterocycles. The predicted molar refractivity (Wildman–Crippen MR) is 109 cm³/mol. The molecule has 3 aromatic carbocycles. The normalized spacial score (nSPS) is 10.9. The molecule has 0 radical (unpaired) electrons. The molecule has 9 heteroatoms. The van der Waals surface area contributed by atoms with Gasteiger partial charge in [0.15, 0.2) is 5.75 Å². The summed E-state index contributed by atoms with van der Waals surface area (Å²) in [7, 11) is 0. The molecule has 0 amide bonds. The summed E-state index contributed by atoms with van der Waals surface area (Å²) in [6.45, 7) is -0.273. The summed E-state index contributed by atoms with van der Waals surface area (Å²) in [6.07, 6.45) is 1.23. The van der Waals surface area contributed by atoms with E-state index in [-0.39, 0.29) is 12.1 Å². The van der Waals surface area contributed by atoms with Gasteiger partial charge in [0.2, 0.25) is 0 Å². The highest BCUT2D eigenvalue weighted by Gasteiger charge is 2.14. The summed E-state index contributed by atoms with van der Waals surface area (Å²) in [5.41, 5.74) is 5.97. The number of benzene rings is 3. The third-order valence-corrected chi connectivity index (χ3v) is 4.72. The van der Waals surface area contributed by atoms with E-state index >= 15 is 0 Å². The number of nitrogens with zero attached hydrogens (tertiary/aromatic N) is 3. The zero-order valence-corrected chi connectivity index (χ0v) is 16.2. The van der Waals surface area contributed by atoms with Crippen molar-refractivity contribution in [1.29, 1.82) is 0 Å². The number of aromatic nitrogens is 3. The molecule has 0 spiro atoms. The Hall–Kier alpha value is -3.65. The molecular formula is C21H15ClF2N4O2. The third-order valence-electron chi connectivity index (χ3n) is 4.42. The number of nitrogens with two attached hydrogens (primary N) is 1. The molecule has 0 aliphatic rings. The number of rotatable bonds is 5. The summed E-state index contributed by atoms with van der Waals surface area (Å²) in [5.74, 6) is -0.662. The van der Waals surface area contributed by atoms with Gasteiger partial charge in [0.05, 0.1) is 22.9 Å². The van der Waals surface area contributed by atoms with Crippen LogP contribution in [0.1, 0.15) is 5.56 Å². The van der Waals surface area contributed by atoms with Crippen LogP contribution in [0.15, 0.2) is 71.8 Å². The zero-order chi connectivity index (χ0) is 21.3. The first-order chi connectivity index (χ1) is 14.4. The van der Waals surface area contributed by atoms with E-state index in [9.17, 15) is 13.6 Å². The molecule has 0 bridgehead atoms. The molecular weight excluding hydrogens is 414 g/mol. The number of para-hydroxylation sites is 1. The summed E-state index contributed by atoms with van der Waals surface area (Å²) in [5, 5.41) is 4.39. The van der Waals surface area contributed by atoms with Crippen LogP contribution in [-0.4, -0.2) is 14.3 Å². The van der Waals surface area contributed by atoms with Crippen molar-refractivity contribution in [2.75, 3.05) is 5.73 Å². The Morgan fingerprint density at radius 2 is 1.67 bits per heavy atom. The maximum Gasteiger partial charge on any atom is 0.350 e. The quantitative estimate of drug-likeness (QED) is 0.478. The fourth-order valence-electron chi connectivity index (χ4n) is 2.88. The van der Waals surface area contributed by atoms with Crippen molar-refractivity contribution in [2.24, 2.45) is 0 Å². The first-order valence-electron chi connectivity index (χ1n) is 8.83. The van der Waals surface area contributed by atoms with Gasteiger partial charge in [-0.3, -0.25) is 4.57 Å². The summed E-state index contributed by atoms with van der Waals surface area (Å²) >= 11 is 6.10. The van der Waals surface area contributed by atoms with Crippen LogP contribution in [0.25, 0.3) is 5.69 Å². The molecule has 0 unspecified atom stereocenters. The van der Waals surface area contributed by atoms with Crippen molar-refractivity contribution >= 4 is 17.3 Å². The monoisotopic (exact) mass is 428 g/mol. The minimum Gasteiger partial charge on any atom is -0.454 e. The van der Waals surface area contributed by atoms with Gasteiger partial charge >= 0.3 is 5.69 Å². The Balaban J connectivity index is 1.58. The van der Waals surface area contributed by atoms with Gasteiger partial charge in [0, 0.05) is 5.56 Å². The minimum atomic E-state index is -0.727. The van der Waals surface area contributed by atoms with Crippen LogP contribution < -0.4 is 16.2 Å². The average Bonchev–Trinajstić information content (AvgIpc) is 3.08. The summed E-state index contributed by atoms with van der Waals surface area (Å²) < 4.78 is 35.7. The third kappa shape index (κ3) is 3.77. The molecule has 6 nitrogen and oxygen atoms in total. The summed E-state index contributed by atoms with van der Waals surface area (Å²) in [4.78, 5) is 12.6. The molecule has 1 aromatic heterocycles. The first-order valence-corrected chi connectivity index (χ1v) is 9.21. The van der Waals surface area contributed by atoms with Gasteiger partial charge < -0.3 is 10.5 Å². The molecule has 0 aliphatic carbocycles. The highest BCUT2D eigenvalue weighted by Crippen LogP contribution is 2.34. The van der Waals surface area contributed by atoms with E-state index in [1.807, 2.05) is 0 Å². The number of nitrogen functional groups attached to an aromatic ring is 1. The molecule has 152 valence electrons. The van der Waals surface area contributed by atoms with Gasteiger partial charge in [-0.15, -0.1) is 0 Å². The highest BCUT2D eigenvalue weighted by molar-refractivity contribution is 6.32. The van der Waals surface area contributed by atoms with Crippen LogP contribution in [-0.2, 0) is 6.54 Å². The van der Waals surface area contributed by atoms with Gasteiger partial charge in [-0.25, -0.2) is 13.6 Å². The lowest BCUT2D eigenvalue weighted by Gasteiger charge is -2.10. The number of hydrogen-bond acceptors (Lipinski definition) is 4. The first kappa shape index (κ1) is 19.7. The molecule has 2 N–H and O–H groups in total. The van der Waals surface area contributed by atoms with Crippen molar-refractivity contribution in [3.63, 3.8) is 0 Å². The maximum atomic E-state index is 13.9. The number of halogens is 3. The molecule has 30 heavy (non-hydrogen) atoms. The lowest BCUT2D eigenvalue weighted by molar-refractivity contribution is 0.485. The molecule has 0 saturated heterocycles. The van der Waals surface area contributed by atoms with Crippen LogP contribution in [0.5, 0.6) is 11.5 Å². The topological polar surface area (TPSA) is 75.1 Å². The lowest BCUT2D eigenvalue weighted by atomic mass is 10.2. The van der Waals surface area contributed by atoms with E-state index in [0.29, 0.717) is 27.9 Å². The Morgan fingerprint density at radius 1 is 1.00 bits per heavy atom. The zero-order valence-electron chi connectivity index (χ0n) is 15.4. The second-order valence-electron chi connectivity index (χ2n) is 6.41. The fourth-order valence-corrected chi connectivity index (χ4v) is 3.10. The lowest BCUT2D eigenvalue weighted by Crippen LogP contribution is -2.24. The standard InChI is InChI=1S/C21H15ClF2N4O2/c22-16-3-1-6-19(25)20(16)30-14-9-7-13(8-10-14)28-21(29)27(12-26-28)11-15-17(23)4-2-5-18(15)24/h1-10,12H,11,25H2. The van der Waals surface area contributed by atoms with Gasteiger partial charge in [-0.2, -0.15) is 9.78 Å². The van der Waals surface area contributed by atoms with E-state index in [1.165, 1.54) is 12.4 Å². The van der Waals surface area contributed by atoms with Crippen LogP contribution in [0.4, 0.5) is 14.5 Å². The largest absolute Gasteiger partial charge is 0.454 e. The van der Waals surface area contributed by atoms with Crippen molar-refractivity contribution in [2.45, 2.75) is 6.54 Å². The second kappa shape index (κ2) is 8.00. The minimum absolute atomic E-state index is 0.208. The Bertz CT molecular complexity index is 1230. The van der Waals surface area contributed by atoms with Crippen LogP contribution in [0.2, 0.25) is 5.02 Å². The van der Waals surface area contributed by atoms with E-state index < -0.39 is 17.3 Å². The Morgan fingerprint density at radius 3 is 2.33 bits per heavy atom. The molecule has 4 aromatic rings. The van der Waals surface area contributed by atoms with Crippen molar-refractivity contribution < 1.29 is 13.5 Å². The second-order valence-corrected chi connectivity index (χ2v) is 6.81. The molecule has 0 saturated carbocycles. The predicted octanol–water partition coefficient (Wildman–Crippen LogP) is 4.39. The fraction of sp³-hybridized carbons (Fsp3) is 0.0476. The highest BCUT2D eigenvalue weighted by atomic mass is 35.5. The van der Waals surface area contributed by atoms with Crippen molar-refractivity contribution in [3.05, 3.63) is 99.7 Å². The van der Waals surface area contributed by atoms with Gasteiger partial charge in [-0.05, 0) is 48.5 Å². The van der Waals surface area contributed by atoms with E-state index in [2.05, 4.69) is 5.10 Å². The van der Waals surface area contributed by atoms with Crippen LogP contribution in [0, 0.1) is 11.6 Å². The van der Waals surface area contributed by atoms with E-state index in [0.717, 1.165) is 21.4 Å². The molecule has 0 fully saturated rings. The SMILES string of the molecule is Nc1cccc(Cl)c1Oc1ccc(-n2ncn(Cc3c(F)cccc3F)c2=O)cc1. The number of ether oxygens (including phenoxy) is 1. The number of hydrogen-bond donors (Lipinski definition) is 1. The number of anilines is 1. The van der Waals surface area contributed by atoms with Gasteiger partial charge in [0.1, 0.15) is 23.7 Å². The molecule has 0 aliphatic heterocycles.